The van der Waals surface area contributed by atoms with E-state index < -0.39 is 30.3 Å². The number of aliphatic hydroxyl groups excluding tert-OH is 1. The molecule has 0 radical (unpaired) electrons. The third-order valence-corrected chi connectivity index (χ3v) is 2.30. The average molecular weight is 205 g/mol. The lowest BCUT2D eigenvalue weighted by Crippen LogP contribution is -2.62. The highest BCUT2D eigenvalue weighted by Gasteiger charge is 2.48. The van der Waals surface area contributed by atoms with Crippen LogP contribution in [-0.4, -0.2) is 62.2 Å². The fourth-order valence-corrected chi connectivity index (χ4v) is 1.37. The van der Waals surface area contributed by atoms with E-state index in [2.05, 4.69) is 0 Å². The molecule has 0 saturated carbocycles. The van der Waals surface area contributed by atoms with Gasteiger partial charge in [-0.25, -0.2) is 9.59 Å². The Kier molecular flexibility index (Phi) is 2.63. The molecule has 7 heteroatoms. The van der Waals surface area contributed by atoms with E-state index in [9.17, 15) is 19.8 Å². The van der Waals surface area contributed by atoms with E-state index in [0.717, 1.165) is 4.90 Å². The zero-order valence-electron chi connectivity index (χ0n) is 7.25. The van der Waals surface area contributed by atoms with Gasteiger partial charge in [0, 0.05) is 6.54 Å². The van der Waals surface area contributed by atoms with Crippen molar-refractivity contribution in [3.63, 3.8) is 0 Å². The van der Waals surface area contributed by atoms with Crippen molar-refractivity contribution in [3.8, 4) is 0 Å². The van der Waals surface area contributed by atoms with Crippen molar-refractivity contribution < 1.29 is 30.0 Å². The lowest BCUT2D eigenvalue weighted by Gasteiger charge is -2.38. The van der Waals surface area contributed by atoms with Crippen LogP contribution < -0.4 is 0 Å². The molecule has 1 aliphatic rings. The van der Waals surface area contributed by atoms with Gasteiger partial charge < -0.3 is 25.3 Å². The van der Waals surface area contributed by atoms with Crippen molar-refractivity contribution in [2.75, 3.05) is 13.1 Å². The third-order valence-electron chi connectivity index (χ3n) is 2.30. The summed E-state index contributed by atoms with van der Waals surface area (Å²) in [4.78, 5) is 21.9. The molecule has 7 nitrogen and oxygen atoms in total. The van der Waals surface area contributed by atoms with Crippen LogP contribution in [0.15, 0.2) is 0 Å². The number of likely N-dealkylation sites (tertiary alicyclic amines) is 1. The molecular weight excluding hydrogens is 194 g/mol. The number of rotatable bonds is 1. The predicted molar refractivity (Wildman–Crippen MR) is 42.8 cm³/mol. The molecule has 1 aliphatic heterocycles. The molecule has 0 unspecified atom stereocenters. The van der Waals surface area contributed by atoms with Gasteiger partial charge in [-0.15, -0.1) is 0 Å². The Morgan fingerprint density at radius 2 is 1.93 bits per heavy atom. The molecule has 80 valence electrons. The van der Waals surface area contributed by atoms with E-state index in [1.165, 1.54) is 0 Å². The van der Waals surface area contributed by atoms with Gasteiger partial charge in [0.1, 0.15) is 0 Å². The molecule has 0 spiro atoms. The minimum atomic E-state index is -2.39. The zero-order valence-corrected chi connectivity index (χ0v) is 7.25. The molecule has 4 N–H and O–H groups in total. The lowest BCUT2D eigenvalue weighted by molar-refractivity contribution is -0.180. The average Bonchev–Trinajstić information content (AvgIpc) is 2.09. The van der Waals surface area contributed by atoms with Crippen molar-refractivity contribution in [3.05, 3.63) is 0 Å². The number of carboxylic acids is 1. The van der Waals surface area contributed by atoms with Crippen molar-refractivity contribution in [1.29, 1.82) is 0 Å². The number of nitrogens with zero attached hydrogens (tertiary/aromatic N) is 1. The molecule has 1 amide bonds. The maximum Gasteiger partial charge on any atom is 0.407 e. The van der Waals surface area contributed by atoms with Gasteiger partial charge in [-0.2, -0.15) is 0 Å². The predicted octanol–water partition coefficient (Wildman–Crippen LogP) is -1.45. The molecule has 1 rings (SSSR count). The summed E-state index contributed by atoms with van der Waals surface area (Å²) in [6, 6.07) is 0. The molecule has 1 saturated heterocycles. The third kappa shape index (κ3) is 1.64. The molecule has 14 heavy (non-hydrogen) atoms. The number of amides is 1. The fraction of sp³-hybridized carbons (Fsp3) is 0.714. The van der Waals surface area contributed by atoms with Gasteiger partial charge in [-0.05, 0) is 6.42 Å². The van der Waals surface area contributed by atoms with Crippen LogP contribution in [0.3, 0.4) is 0 Å². The normalized spacial score (nSPS) is 32.7. The second kappa shape index (κ2) is 3.43. The Morgan fingerprint density at radius 3 is 2.36 bits per heavy atom. The summed E-state index contributed by atoms with van der Waals surface area (Å²) in [5, 5.41) is 35.9. The Bertz CT molecular complexity index is 267. The summed E-state index contributed by atoms with van der Waals surface area (Å²) < 4.78 is 0. The Balaban J connectivity index is 2.83. The first-order chi connectivity index (χ1) is 6.38. The number of β-amino-alcohol motifs (C(OH)–C–C–N with tert-alkyl or cyclic N) is 1. The number of hydrogen-bond donors (Lipinski definition) is 4. The maximum atomic E-state index is 10.6. The molecule has 0 aromatic carbocycles. The van der Waals surface area contributed by atoms with E-state index in [0.29, 0.717) is 0 Å². The van der Waals surface area contributed by atoms with E-state index in [1.54, 1.807) is 0 Å². The Morgan fingerprint density at radius 1 is 1.36 bits per heavy atom. The van der Waals surface area contributed by atoms with Crippen LogP contribution in [-0.2, 0) is 4.79 Å². The molecule has 1 fully saturated rings. The van der Waals surface area contributed by atoms with Crippen molar-refractivity contribution in [2.45, 2.75) is 18.1 Å². The fourth-order valence-electron chi connectivity index (χ4n) is 1.37. The summed E-state index contributed by atoms with van der Waals surface area (Å²) in [5.41, 5.74) is -2.39. The first kappa shape index (κ1) is 10.7. The second-order valence-corrected chi connectivity index (χ2v) is 3.24. The largest absolute Gasteiger partial charge is 0.479 e. The first-order valence-electron chi connectivity index (χ1n) is 3.99. The lowest BCUT2D eigenvalue weighted by atomic mass is 9.90. The highest BCUT2D eigenvalue weighted by molar-refractivity contribution is 5.79. The quantitative estimate of drug-likeness (QED) is 0.415. The summed E-state index contributed by atoms with van der Waals surface area (Å²) in [6.45, 7) is -0.592. The molecule has 0 aromatic rings. The van der Waals surface area contributed by atoms with Crippen LogP contribution in [0.5, 0.6) is 0 Å². The number of piperidine rings is 1. The molecule has 0 bridgehead atoms. The van der Waals surface area contributed by atoms with Crippen LogP contribution in [0.1, 0.15) is 6.42 Å². The van der Waals surface area contributed by atoms with Crippen LogP contribution in [0.2, 0.25) is 0 Å². The van der Waals surface area contributed by atoms with Crippen molar-refractivity contribution in [1.82, 2.24) is 4.90 Å². The van der Waals surface area contributed by atoms with Crippen LogP contribution in [0.4, 0.5) is 4.79 Å². The Hall–Kier alpha value is -1.34. The van der Waals surface area contributed by atoms with Gasteiger partial charge >= 0.3 is 12.1 Å². The van der Waals surface area contributed by atoms with Gasteiger partial charge in [-0.1, -0.05) is 0 Å². The van der Waals surface area contributed by atoms with Crippen molar-refractivity contribution in [2.24, 2.45) is 0 Å². The number of carbonyl (C=O) groups is 2. The maximum absolute atomic E-state index is 10.6. The SMILES string of the molecule is O=C(O)N1CC[C@H](O)[C@@](O)(C(=O)O)C1. The van der Waals surface area contributed by atoms with Gasteiger partial charge in [0.15, 0.2) is 0 Å². The minimum absolute atomic E-state index is 0.0199. The van der Waals surface area contributed by atoms with E-state index >= 15 is 0 Å². The van der Waals surface area contributed by atoms with E-state index in [4.69, 9.17) is 10.2 Å². The monoisotopic (exact) mass is 205 g/mol. The number of aliphatic hydroxyl groups is 2. The van der Waals surface area contributed by atoms with Crippen molar-refractivity contribution >= 4 is 12.1 Å². The molecule has 0 aromatic heterocycles. The van der Waals surface area contributed by atoms with Crippen LogP contribution in [0.25, 0.3) is 0 Å². The topological polar surface area (TPSA) is 118 Å². The van der Waals surface area contributed by atoms with Gasteiger partial charge in [0.25, 0.3) is 0 Å². The van der Waals surface area contributed by atoms with Crippen LogP contribution in [0, 0.1) is 0 Å². The first-order valence-corrected chi connectivity index (χ1v) is 3.99. The van der Waals surface area contributed by atoms with Gasteiger partial charge in [-0.3, -0.25) is 0 Å². The van der Waals surface area contributed by atoms with Crippen LogP contribution >= 0.6 is 0 Å². The summed E-state index contributed by atoms with van der Waals surface area (Å²) >= 11 is 0. The minimum Gasteiger partial charge on any atom is -0.479 e. The van der Waals surface area contributed by atoms with Gasteiger partial charge in [0.05, 0.1) is 12.6 Å². The standard InChI is InChI=1S/C7H11NO6/c9-4-1-2-8(6(12)13)3-7(4,14)5(10)11/h4,9,14H,1-3H2,(H,10,11)(H,12,13)/t4-,7+/m0/s1. The highest BCUT2D eigenvalue weighted by Crippen LogP contribution is 2.22. The summed E-state index contributed by atoms with van der Waals surface area (Å²) in [5.74, 6) is -1.61. The second-order valence-electron chi connectivity index (χ2n) is 3.24. The summed E-state index contributed by atoms with van der Waals surface area (Å²) in [6.07, 6.45) is -2.83. The zero-order chi connectivity index (χ0) is 10.9. The van der Waals surface area contributed by atoms with Gasteiger partial charge in [0.2, 0.25) is 5.60 Å². The number of aliphatic carboxylic acids is 1. The molecule has 1 heterocycles. The number of hydrogen-bond acceptors (Lipinski definition) is 4. The summed E-state index contributed by atoms with van der Waals surface area (Å²) in [7, 11) is 0. The number of carboxylic acid groups (broad SMARTS) is 2. The highest BCUT2D eigenvalue weighted by atomic mass is 16.4. The Labute approximate surface area is 79.2 Å². The van der Waals surface area contributed by atoms with E-state index in [-0.39, 0.29) is 13.0 Å². The van der Waals surface area contributed by atoms with E-state index in [1.807, 2.05) is 0 Å². The molecule has 2 atom stereocenters. The molecule has 0 aliphatic carbocycles. The smallest absolute Gasteiger partial charge is 0.407 e. The molecular formula is C7H11NO6.